The van der Waals surface area contributed by atoms with Crippen LogP contribution in [-0.2, 0) is 9.53 Å². The number of likely N-dealkylation sites (tertiary alicyclic amines) is 1. The van der Waals surface area contributed by atoms with Gasteiger partial charge in [0.2, 0.25) is 0 Å². The number of hydrogen-bond donors (Lipinski definition) is 0. The van der Waals surface area contributed by atoms with E-state index in [2.05, 4.69) is 0 Å². The van der Waals surface area contributed by atoms with Gasteiger partial charge in [-0.3, -0.25) is 14.6 Å². The van der Waals surface area contributed by atoms with Crippen LogP contribution in [0.25, 0.3) is 0 Å². The molecule has 3 amide bonds. The van der Waals surface area contributed by atoms with Gasteiger partial charge < -0.3 is 9.64 Å². The van der Waals surface area contributed by atoms with E-state index in [1.165, 1.54) is 21.6 Å². The van der Waals surface area contributed by atoms with Gasteiger partial charge in [-0.1, -0.05) is 24.0 Å². The van der Waals surface area contributed by atoms with Crippen molar-refractivity contribution >= 4 is 46.2 Å². The highest BCUT2D eigenvalue weighted by molar-refractivity contribution is 8.23. The van der Waals surface area contributed by atoms with Crippen molar-refractivity contribution in [1.82, 2.24) is 14.7 Å². The molecular formula is C18H29N3O4S2. The Labute approximate surface area is 170 Å². The third-order valence-electron chi connectivity index (χ3n) is 4.44. The molecule has 2 aliphatic rings. The Balaban J connectivity index is 2.06. The lowest BCUT2D eigenvalue weighted by molar-refractivity contribution is -0.124. The van der Waals surface area contributed by atoms with E-state index in [-0.39, 0.29) is 24.4 Å². The molecule has 0 unspecified atom stereocenters. The molecule has 2 rings (SSSR count). The van der Waals surface area contributed by atoms with Crippen LogP contribution in [-0.4, -0.2) is 80.0 Å². The van der Waals surface area contributed by atoms with Crippen molar-refractivity contribution in [3.8, 4) is 0 Å². The van der Waals surface area contributed by atoms with Gasteiger partial charge in [0.15, 0.2) is 5.78 Å². The Kier molecular flexibility index (Phi) is 7.13. The summed E-state index contributed by atoms with van der Waals surface area (Å²) in [6, 6.07) is -0.935. The van der Waals surface area contributed by atoms with Gasteiger partial charge in [-0.25, -0.2) is 9.59 Å². The largest absolute Gasteiger partial charge is 0.444 e. The number of hydrogen-bond acceptors (Lipinski definition) is 6. The minimum atomic E-state index is -0.615. The molecule has 0 N–H and O–H groups in total. The molecule has 2 saturated heterocycles. The summed E-state index contributed by atoms with van der Waals surface area (Å²) in [6.45, 7) is 10.2. The summed E-state index contributed by atoms with van der Waals surface area (Å²) in [6.07, 6.45) is 0.867. The lowest BCUT2D eigenvalue weighted by Gasteiger charge is -2.32. The molecule has 0 aliphatic carbocycles. The van der Waals surface area contributed by atoms with Crippen molar-refractivity contribution < 1.29 is 19.1 Å². The third kappa shape index (κ3) is 5.57. The van der Waals surface area contributed by atoms with E-state index < -0.39 is 17.7 Å². The molecule has 152 valence electrons. The number of amides is 3. The number of ketones is 1. The summed E-state index contributed by atoms with van der Waals surface area (Å²) in [7, 11) is 0. The van der Waals surface area contributed by atoms with Crippen LogP contribution in [0.3, 0.4) is 0 Å². The third-order valence-corrected chi connectivity index (χ3v) is 5.87. The number of ether oxygens (including phenoxy) is 1. The summed E-state index contributed by atoms with van der Waals surface area (Å²) in [5.41, 5.74) is -0.615. The van der Waals surface area contributed by atoms with E-state index in [1.54, 1.807) is 25.7 Å². The van der Waals surface area contributed by atoms with Crippen LogP contribution in [0.2, 0.25) is 0 Å². The van der Waals surface area contributed by atoms with Gasteiger partial charge in [0.1, 0.15) is 9.92 Å². The number of thiocarbonyl (C=S) groups is 1. The van der Waals surface area contributed by atoms with Gasteiger partial charge in [0.25, 0.3) is 0 Å². The summed E-state index contributed by atoms with van der Waals surface area (Å²) in [4.78, 5) is 42.8. The zero-order chi connectivity index (χ0) is 20.4. The number of carbonyl (C=O) groups excluding carboxylic acids is 3. The van der Waals surface area contributed by atoms with E-state index in [0.717, 1.165) is 12.2 Å². The van der Waals surface area contributed by atoms with Crippen LogP contribution in [0, 0.1) is 0 Å². The normalized spacial score (nSPS) is 20.4. The number of carbonyl (C=O) groups is 3. The van der Waals surface area contributed by atoms with Gasteiger partial charge >= 0.3 is 12.1 Å². The average Bonchev–Trinajstić information content (AvgIpc) is 3.18. The maximum absolute atomic E-state index is 12.9. The molecule has 0 aromatic rings. The molecule has 0 radical (unpaired) electrons. The first-order chi connectivity index (χ1) is 12.5. The molecule has 2 heterocycles. The standard InChI is InChI=1S/C18H29N3O4S2/c1-12(2)21(15(23)20-9-10-27-17(20)26)11-14(22)13-7-6-8-19(13)16(24)25-18(3,4)5/h12-13H,6-11H2,1-5H3/t13-/m0/s1. The maximum atomic E-state index is 12.9. The topological polar surface area (TPSA) is 70.2 Å². The van der Waals surface area contributed by atoms with Gasteiger partial charge in [-0.05, 0) is 47.5 Å². The summed E-state index contributed by atoms with van der Waals surface area (Å²) < 4.78 is 5.97. The van der Waals surface area contributed by atoms with Crippen molar-refractivity contribution in [1.29, 1.82) is 0 Å². The van der Waals surface area contributed by atoms with E-state index in [0.29, 0.717) is 23.8 Å². The van der Waals surface area contributed by atoms with Crippen LogP contribution < -0.4 is 0 Å². The van der Waals surface area contributed by atoms with Crippen molar-refractivity contribution in [2.45, 2.75) is 65.1 Å². The molecule has 0 aromatic carbocycles. The second-order valence-corrected chi connectivity index (χ2v) is 9.80. The first-order valence-corrected chi connectivity index (χ1v) is 10.7. The smallest absolute Gasteiger partial charge is 0.410 e. The fourth-order valence-corrected chi connectivity index (χ4v) is 4.30. The Morgan fingerprint density at radius 1 is 1.30 bits per heavy atom. The minimum absolute atomic E-state index is 0.0375. The average molecular weight is 416 g/mol. The number of nitrogens with zero attached hydrogens (tertiary/aromatic N) is 3. The van der Waals surface area contributed by atoms with E-state index in [9.17, 15) is 14.4 Å². The quantitative estimate of drug-likeness (QED) is 0.657. The fraction of sp³-hybridized carbons (Fsp3) is 0.778. The Hall–Kier alpha value is -1.35. The van der Waals surface area contributed by atoms with Gasteiger partial charge in [-0.2, -0.15) is 0 Å². The molecule has 2 fully saturated rings. The Bertz CT molecular complexity index is 618. The second-order valence-electron chi connectivity index (χ2n) is 8.07. The zero-order valence-corrected chi connectivity index (χ0v) is 18.3. The summed E-state index contributed by atoms with van der Waals surface area (Å²) in [5, 5.41) is 0. The van der Waals surface area contributed by atoms with Gasteiger partial charge in [-0.15, -0.1) is 0 Å². The molecular weight excluding hydrogens is 386 g/mol. The molecule has 7 nitrogen and oxygen atoms in total. The zero-order valence-electron chi connectivity index (χ0n) is 16.7. The van der Waals surface area contributed by atoms with E-state index in [4.69, 9.17) is 17.0 Å². The molecule has 0 spiro atoms. The van der Waals surface area contributed by atoms with E-state index >= 15 is 0 Å². The first kappa shape index (κ1) is 21.9. The number of Topliss-reactive ketones (excluding diaryl/α,β-unsaturated/α-hetero) is 1. The monoisotopic (exact) mass is 415 g/mol. The van der Waals surface area contributed by atoms with Crippen molar-refractivity contribution in [2.75, 3.05) is 25.4 Å². The lowest BCUT2D eigenvalue weighted by atomic mass is 10.1. The summed E-state index contributed by atoms with van der Waals surface area (Å²) in [5.74, 6) is 0.637. The van der Waals surface area contributed by atoms with Crippen LogP contribution in [0.15, 0.2) is 0 Å². The lowest BCUT2D eigenvalue weighted by Crippen LogP contribution is -2.52. The second kappa shape index (κ2) is 8.77. The number of rotatable bonds is 4. The van der Waals surface area contributed by atoms with Crippen LogP contribution in [0.5, 0.6) is 0 Å². The van der Waals surface area contributed by atoms with Crippen LogP contribution in [0.4, 0.5) is 9.59 Å². The number of urea groups is 1. The molecule has 0 bridgehead atoms. The predicted molar refractivity (Wildman–Crippen MR) is 110 cm³/mol. The van der Waals surface area contributed by atoms with Crippen molar-refractivity contribution in [3.63, 3.8) is 0 Å². The SMILES string of the molecule is CC(C)N(CC(=O)[C@@H]1CCCN1C(=O)OC(C)(C)C)C(=O)N1CCSC1=S. The van der Waals surface area contributed by atoms with Crippen molar-refractivity contribution in [2.24, 2.45) is 0 Å². The van der Waals surface area contributed by atoms with Gasteiger partial charge in [0.05, 0.1) is 12.6 Å². The van der Waals surface area contributed by atoms with Crippen molar-refractivity contribution in [3.05, 3.63) is 0 Å². The molecule has 1 atom stereocenters. The fourth-order valence-electron chi connectivity index (χ4n) is 3.11. The van der Waals surface area contributed by atoms with E-state index in [1.807, 2.05) is 13.8 Å². The predicted octanol–water partition coefficient (Wildman–Crippen LogP) is 3.12. The molecule has 0 saturated carbocycles. The Morgan fingerprint density at radius 2 is 1.96 bits per heavy atom. The first-order valence-electron chi connectivity index (χ1n) is 9.28. The molecule has 9 heteroatoms. The summed E-state index contributed by atoms with van der Waals surface area (Å²) >= 11 is 6.71. The minimum Gasteiger partial charge on any atom is -0.444 e. The molecule has 27 heavy (non-hydrogen) atoms. The highest BCUT2D eigenvalue weighted by Crippen LogP contribution is 2.24. The highest BCUT2D eigenvalue weighted by atomic mass is 32.2. The van der Waals surface area contributed by atoms with Gasteiger partial charge in [0, 0.05) is 24.9 Å². The van der Waals surface area contributed by atoms with Crippen LogP contribution in [0.1, 0.15) is 47.5 Å². The number of thioether (sulfide) groups is 1. The highest BCUT2D eigenvalue weighted by Gasteiger charge is 2.38. The Morgan fingerprint density at radius 3 is 2.48 bits per heavy atom. The maximum Gasteiger partial charge on any atom is 0.410 e. The molecule has 2 aliphatic heterocycles. The molecule has 0 aromatic heterocycles. The van der Waals surface area contributed by atoms with Crippen LogP contribution >= 0.6 is 24.0 Å².